The third kappa shape index (κ3) is 2.05. The first kappa shape index (κ1) is 12.4. The summed E-state index contributed by atoms with van der Waals surface area (Å²) in [5.74, 6) is 0.592. The normalized spacial score (nSPS) is 10.9. The topological polar surface area (TPSA) is 64.7 Å². The number of hydrogen-bond acceptors (Lipinski definition) is 4. The summed E-state index contributed by atoms with van der Waals surface area (Å²) in [6.45, 7) is 0.623. The summed E-state index contributed by atoms with van der Waals surface area (Å²) in [5.41, 5.74) is 1.71. The standard InChI is InChI=1S/C14H15N5O/c1-18-11-9-16-19(2)14(20)12(11)13(17-18)15-8-10-6-4-3-5-7-10/h3-7,9H,8H2,1-2H3,(H,15,17). The van der Waals surface area contributed by atoms with Gasteiger partial charge in [0.15, 0.2) is 5.82 Å². The Morgan fingerprint density at radius 2 is 1.90 bits per heavy atom. The van der Waals surface area contributed by atoms with Gasteiger partial charge in [-0.3, -0.25) is 9.48 Å². The maximum absolute atomic E-state index is 12.2. The second-order valence-electron chi connectivity index (χ2n) is 4.64. The van der Waals surface area contributed by atoms with Crippen LogP contribution in [-0.4, -0.2) is 19.6 Å². The molecule has 1 N–H and O–H groups in total. The highest BCUT2D eigenvalue weighted by Crippen LogP contribution is 2.18. The van der Waals surface area contributed by atoms with Crippen LogP contribution >= 0.6 is 0 Å². The van der Waals surface area contributed by atoms with Crippen molar-refractivity contribution in [2.75, 3.05) is 5.32 Å². The average molecular weight is 269 g/mol. The van der Waals surface area contributed by atoms with E-state index in [9.17, 15) is 4.79 Å². The number of aryl methyl sites for hydroxylation is 2. The first-order valence-electron chi connectivity index (χ1n) is 6.33. The van der Waals surface area contributed by atoms with Crippen molar-refractivity contribution >= 4 is 16.7 Å². The van der Waals surface area contributed by atoms with Crippen molar-refractivity contribution in [2.24, 2.45) is 14.1 Å². The van der Waals surface area contributed by atoms with Gasteiger partial charge in [0, 0.05) is 20.6 Å². The molecule has 3 rings (SSSR count). The second-order valence-corrected chi connectivity index (χ2v) is 4.64. The molecule has 0 spiro atoms. The molecular weight excluding hydrogens is 254 g/mol. The van der Waals surface area contributed by atoms with Gasteiger partial charge in [0.05, 0.1) is 11.7 Å². The highest BCUT2D eigenvalue weighted by Gasteiger charge is 2.13. The summed E-state index contributed by atoms with van der Waals surface area (Å²) in [6, 6.07) is 9.99. The Morgan fingerprint density at radius 3 is 2.65 bits per heavy atom. The van der Waals surface area contributed by atoms with Gasteiger partial charge in [-0.25, -0.2) is 4.68 Å². The maximum Gasteiger partial charge on any atom is 0.279 e. The van der Waals surface area contributed by atoms with Crippen molar-refractivity contribution < 1.29 is 0 Å². The molecule has 0 radical (unpaired) electrons. The average Bonchev–Trinajstić information content (AvgIpc) is 2.79. The van der Waals surface area contributed by atoms with E-state index in [1.54, 1.807) is 25.0 Å². The van der Waals surface area contributed by atoms with Gasteiger partial charge in [0.2, 0.25) is 0 Å². The number of anilines is 1. The molecule has 0 fully saturated rings. The molecule has 0 saturated heterocycles. The molecule has 20 heavy (non-hydrogen) atoms. The fourth-order valence-corrected chi connectivity index (χ4v) is 2.16. The predicted molar refractivity (Wildman–Crippen MR) is 77.5 cm³/mol. The van der Waals surface area contributed by atoms with Crippen LogP contribution in [-0.2, 0) is 20.6 Å². The molecule has 6 heteroatoms. The van der Waals surface area contributed by atoms with Gasteiger partial charge in [0.25, 0.3) is 5.56 Å². The number of fused-ring (bicyclic) bond motifs is 1. The molecule has 0 bridgehead atoms. The van der Waals surface area contributed by atoms with Gasteiger partial charge >= 0.3 is 0 Å². The lowest BCUT2D eigenvalue weighted by Gasteiger charge is -2.03. The predicted octanol–water partition coefficient (Wildman–Crippen LogP) is 1.28. The molecule has 0 aliphatic heterocycles. The van der Waals surface area contributed by atoms with Crippen molar-refractivity contribution in [3.05, 3.63) is 52.4 Å². The lowest BCUT2D eigenvalue weighted by Crippen LogP contribution is -2.19. The van der Waals surface area contributed by atoms with E-state index in [0.29, 0.717) is 17.7 Å². The fourth-order valence-electron chi connectivity index (χ4n) is 2.16. The number of nitrogens with one attached hydrogen (secondary N) is 1. The van der Waals surface area contributed by atoms with Crippen molar-refractivity contribution in [3.8, 4) is 0 Å². The number of rotatable bonds is 3. The molecular formula is C14H15N5O. The highest BCUT2D eigenvalue weighted by molar-refractivity contribution is 5.88. The molecule has 0 aliphatic rings. The molecule has 0 atom stereocenters. The van der Waals surface area contributed by atoms with E-state index in [2.05, 4.69) is 15.5 Å². The second kappa shape index (κ2) is 4.80. The Bertz CT molecular complexity index is 804. The largest absolute Gasteiger partial charge is 0.364 e. The van der Waals surface area contributed by atoms with Crippen LogP contribution in [0.15, 0.2) is 41.3 Å². The zero-order valence-corrected chi connectivity index (χ0v) is 11.4. The monoisotopic (exact) mass is 269 g/mol. The third-order valence-electron chi connectivity index (χ3n) is 3.26. The van der Waals surface area contributed by atoms with Crippen LogP contribution in [0.25, 0.3) is 10.9 Å². The minimum Gasteiger partial charge on any atom is -0.364 e. The van der Waals surface area contributed by atoms with E-state index < -0.39 is 0 Å². The van der Waals surface area contributed by atoms with Gasteiger partial charge in [-0.05, 0) is 5.56 Å². The zero-order chi connectivity index (χ0) is 14.1. The molecule has 102 valence electrons. The van der Waals surface area contributed by atoms with Crippen LogP contribution < -0.4 is 10.9 Å². The molecule has 0 aliphatic carbocycles. The van der Waals surface area contributed by atoms with Crippen LogP contribution in [0.1, 0.15) is 5.56 Å². The molecule has 6 nitrogen and oxygen atoms in total. The van der Waals surface area contributed by atoms with E-state index in [1.165, 1.54) is 4.68 Å². The van der Waals surface area contributed by atoms with Crippen LogP contribution in [0.4, 0.5) is 5.82 Å². The number of benzene rings is 1. The van der Waals surface area contributed by atoms with Crippen molar-refractivity contribution in [1.82, 2.24) is 19.6 Å². The van der Waals surface area contributed by atoms with Crippen LogP contribution in [0.2, 0.25) is 0 Å². The first-order valence-corrected chi connectivity index (χ1v) is 6.33. The zero-order valence-electron chi connectivity index (χ0n) is 11.4. The summed E-state index contributed by atoms with van der Waals surface area (Å²) in [4.78, 5) is 12.2. The summed E-state index contributed by atoms with van der Waals surface area (Å²) in [6.07, 6.45) is 1.65. The first-order chi connectivity index (χ1) is 9.66. The highest BCUT2D eigenvalue weighted by atomic mass is 16.1. The van der Waals surface area contributed by atoms with Crippen LogP contribution in [0, 0.1) is 0 Å². The molecule has 0 saturated carbocycles. The quantitative estimate of drug-likeness (QED) is 0.778. The van der Waals surface area contributed by atoms with E-state index in [4.69, 9.17) is 0 Å². The fraction of sp³-hybridized carbons (Fsp3) is 0.214. The summed E-state index contributed by atoms with van der Waals surface area (Å²) >= 11 is 0. The van der Waals surface area contributed by atoms with E-state index in [-0.39, 0.29) is 5.56 Å². The van der Waals surface area contributed by atoms with E-state index >= 15 is 0 Å². The Kier molecular flexibility index (Phi) is 2.98. The minimum absolute atomic E-state index is 0.147. The number of nitrogens with zero attached hydrogens (tertiary/aromatic N) is 4. The van der Waals surface area contributed by atoms with Crippen molar-refractivity contribution in [2.45, 2.75) is 6.54 Å². The van der Waals surface area contributed by atoms with Crippen LogP contribution in [0.5, 0.6) is 0 Å². The summed E-state index contributed by atoms with van der Waals surface area (Å²) in [7, 11) is 3.44. The number of hydrogen-bond donors (Lipinski definition) is 1. The lowest BCUT2D eigenvalue weighted by molar-refractivity contribution is 0.713. The molecule has 3 aromatic rings. The van der Waals surface area contributed by atoms with Crippen LogP contribution in [0.3, 0.4) is 0 Å². The van der Waals surface area contributed by atoms with Gasteiger partial charge in [-0.15, -0.1) is 0 Å². The minimum atomic E-state index is -0.147. The smallest absolute Gasteiger partial charge is 0.279 e. The molecule has 2 heterocycles. The van der Waals surface area contributed by atoms with Crippen molar-refractivity contribution in [1.29, 1.82) is 0 Å². The molecule has 0 amide bonds. The van der Waals surface area contributed by atoms with Gasteiger partial charge in [0.1, 0.15) is 5.39 Å². The van der Waals surface area contributed by atoms with Gasteiger partial charge in [-0.2, -0.15) is 10.2 Å². The third-order valence-corrected chi connectivity index (χ3v) is 3.26. The van der Waals surface area contributed by atoms with E-state index in [0.717, 1.165) is 11.1 Å². The Balaban J connectivity index is 2.00. The molecule has 0 unspecified atom stereocenters. The van der Waals surface area contributed by atoms with E-state index in [1.807, 2.05) is 30.3 Å². The van der Waals surface area contributed by atoms with Gasteiger partial charge in [-0.1, -0.05) is 30.3 Å². The Labute approximate surface area is 115 Å². The molecule has 2 aromatic heterocycles. The maximum atomic E-state index is 12.2. The Hall–Kier alpha value is -2.63. The lowest BCUT2D eigenvalue weighted by atomic mass is 10.2. The summed E-state index contributed by atoms with van der Waals surface area (Å²) < 4.78 is 2.98. The Morgan fingerprint density at radius 1 is 1.15 bits per heavy atom. The number of aromatic nitrogens is 4. The SMILES string of the molecule is Cn1ncc2c(c(NCc3ccccc3)nn2C)c1=O. The van der Waals surface area contributed by atoms with Gasteiger partial charge < -0.3 is 5.32 Å². The van der Waals surface area contributed by atoms with Crippen molar-refractivity contribution in [3.63, 3.8) is 0 Å². The molecule has 1 aromatic carbocycles. The summed E-state index contributed by atoms with van der Waals surface area (Å²) in [5, 5.41) is 12.2.